The van der Waals surface area contributed by atoms with Gasteiger partial charge in [-0.3, -0.25) is 23.2 Å². The average Bonchev–Trinajstić information content (AvgIpc) is 3.85. The summed E-state index contributed by atoms with van der Waals surface area (Å²) in [6, 6.07) is 8.60. The Kier molecular flexibility index (Phi) is 21.8. The lowest BCUT2D eigenvalue weighted by atomic mass is 9.75. The summed E-state index contributed by atoms with van der Waals surface area (Å²) in [5.74, 6) is -2.40. The Hall–Kier alpha value is -4.55. The zero-order valence-electron chi connectivity index (χ0n) is 41.4. The molecule has 3 heterocycles. The number of carbonyl (C=O) groups excluding carboxylic acids is 3. The van der Waals surface area contributed by atoms with E-state index in [2.05, 4.69) is 0 Å². The van der Waals surface area contributed by atoms with Crippen molar-refractivity contribution in [1.29, 1.82) is 0 Å². The molecule has 3 aliphatic rings. The first-order valence-electron chi connectivity index (χ1n) is 23.5. The van der Waals surface area contributed by atoms with Crippen molar-refractivity contribution in [3.63, 3.8) is 0 Å². The average molecular weight is 1090 g/mol. The van der Waals surface area contributed by atoms with Crippen LogP contribution in [0.2, 0.25) is 0 Å². The molecule has 2 atom stereocenters. The fourth-order valence-corrected chi connectivity index (χ4v) is 10.3. The van der Waals surface area contributed by atoms with Crippen molar-refractivity contribution in [2.75, 3.05) is 117 Å². The summed E-state index contributed by atoms with van der Waals surface area (Å²) >= 11 is 0. The monoisotopic (exact) mass is 1090 g/mol. The van der Waals surface area contributed by atoms with Gasteiger partial charge in [0.15, 0.2) is 12.3 Å². The molecule has 3 N–H and O–H groups in total. The van der Waals surface area contributed by atoms with Gasteiger partial charge in [-0.25, -0.2) is 4.79 Å². The van der Waals surface area contributed by atoms with E-state index in [1.54, 1.807) is 25.3 Å². The molecule has 2 unspecified atom stereocenters. The van der Waals surface area contributed by atoms with Crippen molar-refractivity contribution in [2.24, 2.45) is 0 Å². The zero-order valence-corrected chi connectivity index (χ0v) is 43.8. The van der Waals surface area contributed by atoms with Crippen molar-refractivity contribution < 1.29 is 95.9 Å². The Balaban J connectivity index is 1.21. The highest BCUT2D eigenvalue weighted by atomic mass is 32.2. The third-order valence-corrected chi connectivity index (χ3v) is 15.0. The maximum absolute atomic E-state index is 12.4. The van der Waals surface area contributed by atoms with E-state index in [-0.39, 0.29) is 101 Å². The normalized spacial score (nSPS) is 19.8. The second kappa shape index (κ2) is 26.8. The van der Waals surface area contributed by atoms with Crippen LogP contribution >= 0.6 is 0 Å². The molecule has 0 spiro atoms. The Labute approximate surface area is 426 Å². The SMILES string of the molecule is COCC[N+]1=C(C=CC=C2N(CCOCCOCCOCCOCCOCCC(=O)ON3C(=O)CCC3=O)c3ccc(S(=O)(=O)O)cc3C2(C)CCOC)C(C)(CCCS(=O)(=O)O)c2cc(S(=O)(=O)O)ccc21. The van der Waals surface area contributed by atoms with Crippen molar-refractivity contribution in [1.82, 2.24) is 5.06 Å². The second-order valence-electron chi connectivity index (χ2n) is 17.6. The molecule has 0 radical (unpaired) electrons. The van der Waals surface area contributed by atoms with Crippen LogP contribution in [0.15, 0.2) is 70.1 Å². The molecular formula is C47H66N3O20S3+. The first-order chi connectivity index (χ1) is 34.5. The summed E-state index contributed by atoms with van der Waals surface area (Å²) in [6.07, 6.45) is 5.93. The maximum Gasteiger partial charge on any atom is 0.335 e. The number of fused-ring (bicyclic) bond motifs is 2. The fraction of sp³-hybridized carbons (Fsp3) is 0.574. The smallest absolute Gasteiger partial charge is 0.335 e. The van der Waals surface area contributed by atoms with Gasteiger partial charge in [-0.1, -0.05) is 6.08 Å². The largest absolute Gasteiger partial charge is 0.385 e. The van der Waals surface area contributed by atoms with Crippen molar-refractivity contribution in [3.05, 3.63) is 71.5 Å². The van der Waals surface area contributed by atoms with E-state index >= 15 is 0 Å². The minimum absolute atomic E-state index is 0.00601. The number of ether oxygens (including phenoxy) is 7. The molecule has 5 rings (SSSR count). The van der Waals surface area contributed by atoms with Gasteiger partial charge in [0.05, 0.1) is 93.4 Å². The van der Waals surface area contributed by atoms with Crippen LogP contribution in [0.3, 0.4) is 0 Å². The van der Waals surface area contributed by atoms with E-state index in [0.29, 0.717) is 72.6 Å². The summed E-state index contributed by atoms with van der Waals surface area (Å²) in [4.78, 5) is 41.0. The van der Waals surface area contributed by atoms with E-state index < -0.39 is 64.7 Å². The Bertz CT molecular complexity index is 2690. The first-order valence-corrected chi connectivity index (χ1v) is 28.0. The summed E-state index contributed by atoms with van der Waals surface area (Å²) in [5, 5.41) is 0.489. The molecule has 3 aliphatic heterocycles. The van der Waals surface area contributed by atoms with Crippen molar-refractivity contribution in [2.45, 2.75) is 73.0 Å². The van der Waals surface area contributed by atoms with E-state index in [0.717, 1.165) is 5.70 Å². The predicted molar refractivity (Wildman–Crippen MR) is 261 cm³/mol. The van der Waals surface area contributed by atoms with Gasteiger partial charge >= 0.3 is 5.97 Å². The minimum atomic E-state index is -4.63. The molecule has 2 aromatic rings. The van der Waals surface area contributed by atoms with Gasteiger partial charge in [-0.15, -0.1) is 5.06 Å². The minimum Gasteiger partial charge on any atom is -0.385 e. The number of imide groups is 1. The molecule has 0 aliphatic carbocycles. The number of anilines is 1. The van der Waals surface area contributed by atoms with E-state index in [9.17, 15) is 53.3 Å². The highest BCUT2D eigenvalue weighted by Gasteiger charge is 2.48. The predicted octanol–water partition coefficient (Wildman–Crippen LogP) is 3.19. The van der Waals surface area contributed by atoms with Crippen LogP contribution in [0.1, 0.15) is 63.5 Å². The topological polar surface area (TPSA) is 298 Å². The number of amides is 2. The van der Waals surface area contributed by atoms with Gasteiger partial charge in [0, 0.05) is 74.7 Å². The first kappa shape index (κ1) is 59.3. The van der Waals surface area contributed by atoms with Crippen molar-refractivity contribution >= 4 is 65.2 Å². The Morgan fingerprint density at radius 1 is 0.685 bits per heavy atom. The molecule has 2 aromatic carbocycles. The standard InChI is InChI=1S/C47H65N3O20S3/c1-46(16-6-32-71(54,55)56)37-33-35(72(57,58)59)9-11-39(37)48(18-22-64-4)41(46)7-5-8-42-47(2,17-21-63-3)38-34-36(73(60,61)62)10-12-40(38)49(42)19-23-66-25-27-68-29-31-69-30-28-67-26-24-65-20-15-45(53)70-50-43(51)13-14-44(50)52/h5,7-12,33-34H,6,13-32H2,1-4H3,(H2-,54,55,56,57,58,59,60,61,62)/p+1. The molecule has 406 valence electrons. The summed E-state index contributed by atoms with van der Waals surface area (Å²) < 4.78 is 144. The zero-order chi connectivity index (χ0) is 53.5. The highest BCUT2D eigenvalue weighted by molar-refractivity contribution is 7.86. The highest BCUT2D eigenvalue weighted by Crippen LogP contribution is 2.51. The molecule has 2 amide bonds. The van der Waals surface area contributed by atoms with E-state index in [1.165, 1.54) is 31.4 Å². The number of methoxy groups -OCH3 is 2. The lowest BCUT2D eigenvalue weighted by Crippen LogP contribution is -2.33. The number of hydrogen-bond donors (Lipinski definition) is 3. The van der Waals surface area contributed by atoms with Crippen molar-refractivity contribution in [3.8, 4) is 0 Å². The molecule has 23 nitrogen and oxygen atoms in total. The summed E-state index contributed by atoms with van der Waals surface area (Å²) in [7, 11) is -10.5. The van der Waals surface area contributed by atoms with Gasteiger partial charge in [0.25, 0.3) is 42.2 Å². The number of rotatable bonds is 33. The molecule has 0 bridgehead atoms. The molecule has 0 saturated carbocycles. The summed E-state index contributed by atoms with van der Waals surface area (Å²) in [5.41, 5.74) is 1.87. The molecule has 1 saturated heterocycles. The van der Waals surface area contributed by atoms with E-state index in [1.807, 2.05) is 35.5 Å². The fourth-order valence-electron chi connectivity index (χ4n) is 8.82. The van der Waals surface area contributed by atoms with Gasteiger partial charge in [0.1, 0.15) is 6.61 Å². The molecule has 26 heteroatoms. The third-order valence-electron chi connectivity index (χ3n) is 12.5. The van der Waals surface area contributed by atoms with Crippen LogP contribution in [0, 0.1) is 0 Å². The number of nitrogens with zero attached hydrogens (tertiary/aromatic N) is 3. The van der Waals surface area contributed by atoms with Crippen LogP contribution in [0.4, 0.5) is 11.4 Å². The number of allylic oxidation sites excluding steroid dienone is 4. The molecule has 73 heavy (non-hydrogen) atoms. The van der Waals surface area contributed by atoms with Crippen LogP contribution in [-0.4, -0.2) is 184 Å². The van der Waals surface area contributed by atoms with Crippen LogP contribution in [0.25, 0.3) is 0 Å². The van der Waals surface area contributed by atoms with Gasteiger partial charge < -0.3 is 42.9 Å². The van der Waals surface area contributed by atoms with Gasteiger partial charge in [-0.05, 0) is 75.1 Å². The molecular weight excluding hydrogens is 1020 g/mol. The van der Waals surface area contributed by atoms with Crippen LogP contribution in [0.5, 0.6) is 0 Å². The quantitative estimate of drug-likeness (QED) is 0.0400. The van der Waals surface area contributed by atoms with Gasteiger partial charge in [-0.2, -0.15) is 29.8 Å². The van der Waals surface area contributed by atoms with Crippen LogP contribution in [-0.2, 0) is 93.6 Å². The van der Waals surface area contributed by atoms with Gasteiger partial charge in [0.2, 0.25) is 5.69 Å². The number of hydroxylamine groups is 2. The Morgan fingerprint density at radius 3 is 1.77 bits per heavy atom. The maximum atomic E-state index is 12.4. The lowest BCUT2D eigenvalue weighted by molar-refractivity contribution is -0.441. The van der Waals surface area contributed by atoms with E-state index in [4.69, 9.17) is 38.0 Å². The molecule has 0 aromatic heterocycles. The number of carbonyl (C=O) groups is 3. The Morgan fingerprint density at radius 2 is 1.22 bits per heavy atom. The second-order valence-corrected chi connectivity index (χ2v) is 22.0. The number of benzene rings is 2. The number of hydrogen-bond acceptors (Lipinski definition) is 18. The lowest BCUT2D eigenvalue weighted by Gasteiger charge is -2.30. The molecule has 1 fully saturated rings. The van der Waals surface area contributed by atoms with Crippen LogP contribution < -0.4 is 4.90 Å². The third kappa shape index (κ3) is 16.2. The summed E-state index contributed by atoms with van der Waals surface area (Å²) in [6.45, 7) is 7.29.